The fourth-order valence-electron chi connectivity index (χ4n) is 2.99. The zero-order valence-electron chi connectivity index (χ0n) is 12.7. The van der Waals surface area contributed by atoms with Crippen LogP contribution in [-0.2, 0) is 9.53 Å². The standard InChI is InChI=1S/C16H15BrN2O4/c1-3-23-15(21)13-8(2)18-16(22)19-7-12(20)11-6-9(17)4-5-10(11)14(13)19/h4-6,14H,3,7H2,1-2H3,(H,18,22). The number of ketones is 1. The summed E-state index contributed by atoms with van der Waals surface area (Å²) in [5.41, 5.74) is 1.98. The van der Waals surface area contributed by atoms with E-state index in [4.69, 9.17) is 4.74 Å². The number of allylic oxidation sites excluding steroid dienone is 1. The van der Waals surface area contributed by atoms with E-state index in [0.717, 1.165) is 4.47 Å². The number of halogens is 1. The molecular weight excluding hydrogens is 364 g/mol. The van der Waals surface area contributed by atoms with Crippen LogP contribution in [0.15, 0.2) is 33.9 Å². The maximum absolute atomic E-state index is 12.4. The van der Waals surface area contributed by atoms with Crippen molar-refractivity contribution in [3.8, 4) is 0 Å². The van der Waals surface area contributed by atoms with E-state index < -0.39 is 12.0 Å². The number of nitrogens with one attached hydrogen (secondary N) is 1. The van der Waals surface area contributed by atoms with Crippen molar-refractivity contribution in [3.63, 3.8) is 0 Å². The Bertz CT molecular complexity index is 756. The number of ether oxygens (including phenoxy) is 1. The van der Waals surface area contributed by atoms with Crippen molar-refractivity contribution in [1.29, 1.82) is 0 Å². The van der Waals surface area contributed by atoms with Crippen molar-refractivity contribution in [3.05, 3.63) is 45.1 Å². The molecule has 0 saturated heterocycles. The van der Waals surface area contributed by atoms with E-state index in [1.165, 1.54) is 4.90 Å². The maximum Gasteiger partial charge on any atom is 0.338 e. The molecule has 6 nitrogen and oxygen atoms in total. The zero-order valence-corrected chi connectivity index (χ0v) is 14.3. The van der Waals surface area contributed by atoms with E-state index in [1.54, 1.807) is 32.0 Å². The van der Waals surface area contributed by atoms with Crippen LogP contribution in [0.5, 0.6) is 0 Å². The topological polar surface area (TPSA) is 75.7 Å². The van der Waals surface area contributed by atoms with Crippen molar-refractivity contribution in [2.45, 2.75) is 19.9 Å². The van der Waals surface area contributed by atoms with Gasteiger partial charge in [0.1, 0.15) is 0 Å². The molecule has 1 aromatic carbocycles. The van der Waals surface area contributed by atoms with Gasteiger partial charge in [-0.25, -0.2) is 9.59 Å². The molecule has 2 amide bonds. The summed E-state index contributed by atoms with van der Waals surface area (Å²) in [6.45, 7) is 3.55. The number of carbonyl (C=O) groups is 3. The van der Waals surface area contributed by atoms with E-state index in [9.17, 15) is 14.4 Å². The second-order valence-corrected chi connectivity index (χ2v) is 6.29. The first-order valence-corrected chi connectivity index (χ1v) is 8.01. The molecule has 1 aromatic rings. The Kier molecular flexibility index (Phi) is 3.97. The van der Waals surface area contributed by atoms with Crippen LogP contribution in [-0.4, -0.2) is 35.8 Å². The first kappa shape index (κ1) is 15.7. The van der Waals surface area contributed by atoms with E-state index in [2.05, 4.69) is 21.2 Å². The molecule has 0 bridgehead atoms. The van der Waals surface area contributed by atoms with Gasteiger partial charge >= 0.3 is 12.0 Å². The maximum atomic E-state index is 12.4. The predicted octanol–water partition coefficient (Wildman–Crippen LogP) is 2.55. The number of nitrogens with zero attached hydrogens (tertiary/aromatic N) is 1. The van der Waals surface area contributed by atoms with Crippen LogP contribution in [0, 0.1) is 0 Å². The summed E-state index contributed by atoms with van der Waals surface area (Å²) in [6, 6.07) is 4.28. The first-order valence-electron chi connectivity index (χ1n) is 7.22. The number of Topliss-reactive ketones (excluding diaryl/α,β-unsaturated/α-hetero) is 1. The van der Waals surface area contributed by atoms with Gasteiger partial charge in [-0.05, 0) is 31.5 Å². The fourth-order valence-corrected chi connectivity index (χ4v) is 3.35. The van der Waals surface area contributed by atoms with E-state index >= 15 is 0 Å². The first-order chi connectivity index (χ1) is 10.9. The van der Waals surface area contributed by atoms with Gasteiger partial charge in [-0.15, -0.1) is 0 Å². The Morgan fingerprint density at radius 3 is 2.87 bits per heavy atom. The van der Waals surface area contributed by atoms with Crippen molar-refractivity contribution in [1.82, 2.24) is 10.2 Å². The van der Waals surface area contributed by atoms with Gasteiger partial charge in [0.15, 0.2) is 5.78 Å². The zero-order chi connectivity index (χ0) is 16.7. The summed E-state index contributed by atoms with van der Waals surface area (Å²) in [4.78, 5) is 38.4. The molecule has 1 atom stereocenters. The van der Waals surface area contributed by atoms with Gasteiger partial charge in [0.25, 0.3) is 0 Å². The second kappa shape index (κ2) is 5.81. The average Bonchev–Trinajstić information content (AvgIpc) is 2.49. The minimum absolute atomic E-state index is 0.0733. The molecule has 3 rings (SSSR count). The highest BCUT2D eigenvalue weighted by atomic mass is 79.9. The van der Waals surface area contributed by atoms with Crippen molar-refractivity contribution in [2.24, 2.45) is 0 Å². The average molecular weight is 379 g/mol. The van der Waals surface area contributed by atoms with E-state index in [1.807, 2.05) is 0 Å². The Balaban J connectivity index is 2.19. The molecule has 2 aliphatic heterocycles. The molecule has 2 heterocycles. The van der Waals surface area contributed by atoms with Gasteiger partial charge in [-0.2, -0.15) is 0 Å². The van der Waals surface area contributed by atoms with Crippen LogP contribution < -0.4 is 5.32 Å². The lowest BCUT2D eigenvalue weighted by atomic mass is 9.85. The van der Waals surface area contributed by atoms with Crippen LogP contribution in [0.3, 0.4) is 0 Å². The fraction of sp³-hybridized carbons (Fsp3) is 0.312. The Labute approximate surface area is 141 Å². The third kappa shape index (κ3) is 2.55. The highest BCUT2D eigenvalue weighted by Gasteiger charge is 2.43. The van der Waals surface area contributed by atoms with Crippen molar-refractivity contribution in [2.75, 3.05) is 13.2 Å². The van der Waals surface area contributed by atoms with Gasteiger partial charge in [-0.3, -0.25) is 4.79 Å². The normalized spacial score (nSPS) is 20.0. The molecule has 0 saturated carbocycles. The van der Waals surface area contributed by atoms with Gasteiger partial charge in [0.2, 0.25) is 0 Å². The molecule has 0 spiro atoms. The quantitative estimate of drug-likeness (QED) is 0.802. The largest absolute Gasteiger partial charge is 0.463 e. The molecule has 0 fully saturated rings. The number of rotatable bonds is 2. The number of urea groups is 1. The van der Waals surface area contributed by atoms with Crippen molar-refractivity contribution >= 4 is 33.7 Å². The van der Waals surface area contributed by atoms with Gasteiger partial charge in [0, 0.05) is 15.7 Å². The highest BCUT2D eigenvalue weighted by molar-refractivity contribution is 9.10. The number of esters is 1. The molecule has 0 aliphatic carbocycles. The van der Waals surface area contributed by atoms with Crippen LogP contribution in [0.2, 0.25) is 0 Å². The lowest BCUT2D eigenvalue weighted by molar-refractivity contribution is -0.139. The summed E-state index contributed by atoms with van der Waals surface area (Å²) in [5.74, 6) is -0.640. The molecule has 7 heteroatoms. The summed E-state index contributed by atoms with van der Waals surface area (Å²) in [6.07, 6.45) is 0. The van der Waals surface area contributed by atoms with E-state index in [-0.39, 0.29) is 25.0 Å². The van der Waals surface area contributed by atoms with Gasteiger partial charge < -0.3 is 15.0 Å². The number of fused-ring (bicyclic) bond motifs is 3. The molecule has 0 radical (unpaired) electrons. The second-order valence-electron chi connectivity index (χ2n) is 5.37. The van der Waals surface area contributed by atoms with Gasteiger partial charge in [0.05, 0.1) is 24.8 Å². The van der Waals surface area contributed by atoms with Crippen LogP contribution >= 0.6 is 15.9 Å². The lowest BCUT2D eigenvalue weighted by Gasteiger charge is -2.40. The predicted molar refractivity (Wildman–Crippen MR) is 85.8 cm³/mol. The monoisotopic (exact) mass is 378 g/mol. The number of amides is 2. The number of hydrogen-bond donors (Lipinski definition) is 1. The van der Waals surface area contributed by atoms with Crippen molar-refractivity contribution < 1.29 is 19.1 Å². The molecule has 1 unspecified atom stereocenters. The molecule has 1 N–H and O–H groups in total. The molecule has 23 heavy (non-hydrogen) atoms. The summed E-state index contributed by atoms with van der Waals surface area (Å²) < 4.78 is 5.91. The highest BCUT2D eigenvalue weighted by Crippen LogP contribution is 2.39. The molecule has 2 aliphatic rings. The third-order valence-electron chi connectivity index (χ3n) is 3.96. The van der Waals surface area contributed by atoms with Crippen LogP contribution in [0.4, 0.5) is 4.79 Å². The minimum Gasteiger partial charge on any atom is -0.463 e. The number of benzene rings is 1. The minimum atomic E-state index is -0.608. The smallest absolute Gasteiger partial charge is 0.338 e. The summed E-state index contributed by atoms with van der Waals surface area (Å²) in [5, 5.41) is 2.63. The lowest BCUT2D eigenvalue weighted by Crippen LogP contribution is -2.52. The molecule has 0 aromatic heterocycles. The molecule has 120 valence electrons. The van der Waals surface area contributed by atoms with Crippen LogP contribution in [0.1, 0.15) is 35.8 Å². The number of hydrogen-bond acceptors (Lipinski definition) is 4. The Hall–Kier alpha value is -2.15. The summed E-state index contributed by atoms with van der Waals surface area (Å²) >= 11 is 3.35. The Morgan fingerprint density at radius 1 is 1.43 bits per heavy atom. The summed E-state index contributed by atoms with van der Waals surface area (Å²) in [7, 11) is 0. The Morgan fingerprint density at radius 2 is 2.17 bits per heavy atom. The molecular formula is C16H15BrN2O4. The number of carbonyl (C=O) groups excluding carboxylic acids is 3. The van der Waals surface area contributed by atoms with Crippen LogP contribution in [0.25, 0.3) is 0 Å². The van der Waals surface area contributed by atoms with E-state index in [0.29, 0.717) is 22.4 Å². The van der Waals surface area contributed by atoms with Gasteiger partial charge in [-0.1, -0.05) is 22.0 Å². The third-order valence-corrected chi connectivity index (χ3v) is 4.46. The SMILES string of the molecule is CCOC(=O)C1=C(C)NC(=O)N2CC(=O)c3cc(Br)ccc3C12.